The van der Waals surface area contributed by atoms with E-state index < -0.39 is 0 Å². The molecule has 1 aromatic heterocycles. The number of anilines is 2. The van der Waals surface area contributed by atoms with Gasteiger partial charge in [0.25, 0.3) is 0 Å². The first kappa shape index (κ1) is 19.2. The van der Waals surface area contributed by atoms with Crippen LogP contribution in [0.5, 0.6) is 0 Å². The molecular formula is C21H23ClN4OS. The summed E-state index contributed by atoms with van der Waals surface area (Å²) in [5, 5.41) is 6.82. The number of hydrogen-bond donors (Lipinski definition) is 2. The number of piperidine rings is 1. The molecule has 0 radical (unpaired) electrons. The number of aromatic nitrogens is 1. The number of rotatable bonds is 4. The summed E-state index contributed by atoms with van der Waals surface area (Å²) in [6.07, 6.45) is 2.55. The zero-order valence-corrected chi connectivity index (χ0v) is 17.3. The minimum absolute atomic E-state index is 0.316. The average molecular weight is 415 g/mol. The van der Waals surface area contributed by atoms with E-state index >= 15 is 0 Å². The normalized spacial score (nSPS) is 15.6. The Morgan fingerprint density at radius 3 is 2.68 bits per heavy atom. The molecule has 5 nitrogen and oxygen atoms in total. The van der Waals surface area contributed by atoms with E-state index in [-0.39, 0.29) is 6.03 Å². The fraction of sp³-hybridized carbons (Fsp3) is 0.333. The molecular weight excluding hydrogens is 392 g/mol. The highest BCUT2D eigenvalue weighted by Crippen LogP contribution is 2.28. The van der Waals surface area contributed by atoms with Crippen molar-refractivity contribution >= 4 is 50.0 Å². The summed E-state index contributed by atoms with van der Waals surface area (Å²) >= 11 is 7.36. The average Bonchev–Trinajstić information content (AvgIpc) is 3.07. The molecule has 2 amide bonds. The third-order valence-electron chi connectivity index (χ3n) is 5.06. The molecule has 1 saturated heterocycles. The van der Waals surface area contributed by atoms with Crippen LogP contribution < -0.4 is 10.6 Å². The van der Waals surface area contributed by atoms with Crippen molar-refractivity contribution in [2.24, 2.45) is 5.92 Å². The van der Waals surface area contributed by atoms with Crippen LogP contribution in [0.2, 0.25) is 5.02 Å². The molecule has 7 heteroatoms. The van der Waals surface area contributed by atoms with Gasteiger partial charge in [0.1, 0.15) is 0 Å². The Morgan fingerprint density at radius 1 is 1.18 bits per heavy atom. The van der Waals surface area contributed by atoms with E-state index in [0.29, 0.717) is 15.8 Å². The Bertz CT molecular complexity index is 964. The summed E-state index contributed by atoms with van der Waals surface area (Å²) in [5.41, 5.74) is 2.88. The molecule has 2 aromatic carbocycles. The van der Waals surface area contributed by atoms with Crippen molar-refractivity contribution in [2.75, 3.05) is 23.7 Å². The van der Waals surface area contributed by atoms with E-state index in [1.807, 2.05) is 6.07 Å². The zero-order valence-electron chi connectivity index (χ0n) is 15.7. The molecule has 0 bridgehead atoms. The van der Waals surface area contributed by atoms with Crippen LogP contribution in [0.3, 0.4) is 0 Å². The van der Waals surface area contributed by atoms with Crippen LogP contribution in [0.1, 0.15) is 25.3 Å². The number of carbonyl (C=O) groups is 1. The molecule has 0 unspecified atom stereocenters. The van der Waals surface area contributed by atoms with Gasteiger partial charge in [-0.3, -0.25) is 10.2 Å². The van der Waals surface area contributed by atoms with E-state index in [4.69, 9.17) is 11.6 Å². The molecule has 2 heterocycles. The van der Waals surface area contributed by atoms with Crippen LogP contribution in [-0.4, -0.2) is 29.0 Å². The molecule has 1 aliphatic heterocycles. The number of carbonyl (C=O) groups excluding carboxylic acids is 1. The second-order valence-corrected chi connectivity index (χ2v) is 8.83. The lowest BCUT2D eigenvalue weighted by Crippen LogP contribution is -2.32. The molecule has 0 atom stereocenters. The van der Waals surface area contributed by atoms with Crippen molar-refractivity contribution in [3.8, 4) is 0 Å². The van der Waals surface area contributed by atoms with Crippen molar-refractivity contribution in [1.29, 1.82) is 0 Å². The highest BCUT2D eigenvalue weighted by atomic mass is 35.5. The molecule has 0 saturated carbocycles. The SMILES string of the molecule is CC1CCN(Cc2ccc3nc(NC(=O)Nc4ccc(Cl)cc4)sc3c2)CC1. The van der Waals surface area contributed by atoms with Crippen LogP contribution in [-0.2, 0) is 6.54 Å². The molecule has 28 heavy (non-hydrogen) atoms. The Hall–Kier alpha value is -2.15. The minimum atomic E-state index is -0.316. The summed E-state index contributed by atoms with van der Waals surface area (Å²) in [7, 11) is 0. The monoisotopic (exact) mass is 414 g/mol. The van der Waals surface area contributed by atoms with Gasteiger partial charge in [0.05, 0.1) is 10.2 Å². The van der Waals surface area contributed by atoms with Gasteiger partial charge in [0.15, 0.2) is 5.13 Å². The van der Waals surface area contributed by atoms with Gasteiger partial charge < -0.3 is 5.32 Å². The lowest BCUT2D eigenvalue weighted by Gasteiger charge is -2.30. The number of amides is 2. The Morgan fingerprint density at radius 2 is 1.93 bits per heavy atom. The lowest BCUT2D eigenvalue weighted by molar-refractivity contribution is 0.185. The Balaban J connectivity index is 1.40. The first-order chi connectivity index (χ1) is 13.5. The summed E-state index contributed by atoms with van der Waals surface area (Å²) in [4.78, 5) is 19.2. The predicted octanol–water partition coefficient (Wildman–Crippen LogP) is 5.83. The van der Waals surface area contributed by atoms with Gasteiger partial charge in [-0.2, -0.15) is 0 Å². The smallest absolute Gasteiger partial charge is 0.308 e. The zero-order chi connectivity index (χ0) is 19.5. The summed E-state index contributed by atoms with van der Waals surface area (Å²) in [6.45, 7) is 5.64. The van der Waals surface area contributed by atoms with E-state index in [2.05, 4.69) is 39.6 Å². The van der Waals surface area contributed by atoms with Crippen molar-refractivity contribution in [3.05, 3.63) is 53.1 Å². The van der Waals surface area contributed by atoms with Crippen molar-refractivity contribution < 1.29 is 4.79 Å². The fourth-order valence-corrected chi connectivity index (χ4v) is 4.44. The highest BCUT2D eigenvalue weighted by Gasteiger charge is 2.16. The Labute approximate surface area is 173 Å². The topological polar surface area (TPSA) is 57.3 Å². The van der Waals surface area contributed by atoms with Gasteiger partial charge in [-0.15, -0.1) is 0 Å². The van der Waals surface area contributed by atoms with Crippen LogP contribution in [0.25, 0.3) is 10.2 Å². The maximum absolute atomic E-state index is 12.2. The lowest BCUT2D eigenvalue weighted by atomic mass is 9.99. The van der Waals surface area contributed by atoms with Crippen molar-refractivity contribution in [2.45, 2.75) is 26.3 Å². The molecule has 0 aliphatic carbocycles. The molecule has 146 valence electrons. The molecule has 1 aliphatic rings. The number of likely N-dealkylation sites (tertiary alicyclic amines) is 1. The number of hydrogen-bond acceptors (Lipinski definition) is 4. The quantitative estimate of drug-likeness (QED) is 0.565. The number of nitrogens with zero attached hydrogens (tertiary/aromatic N) is 2. The van der Waals surface area contributed by atoms with Crippen LogP contribution in [0, 0.1) is 5.92 Å². The first-order valence-electron chi connectivity index (χ1n) is 9.50. The van der Waals surface area contributed by atoms with Crippen molar-refractivity contribution in [3.63, 3.8) is 0 Å². The van der Waals surface area contributed by atoms with E-state index in [0.717, 1.165) is 22.7 Å². The van der Waals surface area contributed by atoms with Crippen LogP contribution >= 0.6 is 22.9 Å². The number of urea groups is 1. The fourth-order valence-electron chi connectivity index (χ4n) is 3.39. The minimum Gasteiger partial charge on any atom is -0.308 e. The summed E-state index contributed by atoms with van der Waals surface area (Å²) in [5.74, 6) is 0.841. The summed E-state index contributed by atoms with van der Waals surface area (Å²) in [6, 6.07) is 13.0. The van der Waals surface area contributed by atoms with E-state index in [1.165, 1.54) is 42.8 Å². The standard InChI is InChI=1S/C21H23ClN4OS/c1-14-8-10-26(11-9-14)13-15-2-7-18-19(12-15)28-21(24-18)25-20(27)23-17-5-3-16(22)4-6-17/h2-7,12,14H,8-11,13H2,1H3,(H2,23,24,25,27). The Kier molecular flexibility index (Phi) is 5.80. The second-order valence-electron chi connectivity index (χ2n) is 7.37. The van der Waals surface area contributed by atoms with Gasteiger partial charge in [0, 0.05) is 17.3 Å². The third kappa shape index (κ3) is 4.82. The number of nitrogens with one attached hydrogen (secondary N) is 2. The predicted molar refractivity (Wildman–Crippen MR) is 117 cm³/mol. The van der Waals surface area contributed by atoms with Crippen LogP contribution in [0.15, 0.2) is 42.5 Å². The highest BCUT2D eigenvalue weighted by molar-refractivity contribution is 7.22. The van der Waals surface area contributed by atoms with E-state index in [9.17, 15) is 4.79 Å². The maximum atomic E-state index is 12.2. The van der Waals surface area contributed by atoms with Gasteiger partial charge in [-0.05, 0) is 73.8 Å². The van der Waals surface area contributed by atoms with Gasteiger partial charge in [0.2, 0.25) is 0 Å². The number of thiazole rings is 1. The molecule has 4 rings (SSSR count). The molecule has 1 fully saturated rings. The maximum Gasteiger partial charge on any atom is 0.325 e. The number of benzene rings is 2. The van der Waals surface area contributed by atoms with Gasteiger partial charge >= 0.3 is 6.03 Å². The molecule has 3 aromatic rings. The largest absolute Gasteiger partial charge is 0.325 e. The van der Waals surface area contributed by atoms with E-state index in [1.54, 1.807) is 24.3 Å². The van der Waals surface area contributed by atoms with Gasteiger partial charge in [-0.1, -0.05) is 35.9 Å². The first-order valence-corrected chi connectivity index (χ1v) is 10.7. The summed E-state index contributed by atoms with van der Waals surface area (Å²) < 4.78 is 1.09. The van der Waals surface area contributed by atoms with Crippen LogP contribution in [0.4, 0.5) is 15.6 Å². The van der Waals surface area contributed by atoms with Crippen molar-refractivity contribution in [1.82, 2.24) is 9.88 Å². The second kappa shape index (κ2) is 8.47. The third-order valence-corrected chi connectivity index (χ3v) is 6.24. The molecule has 2 N–H and O–H groups in total. The van der Waals surface area contributed by atoms with Gasteiger partial charge in [-0.25, -0.2) is 9.78 Å². The molecule has 0 spiro atoms. The number of fused-ring (bicyclic) bond motifs is 1. The number of halogens is 1.